The van der Waals surface area contributed by atoms with Crippen molar-refractivity contribution in [2.45, 2.75) is 39.4 Å². The molecule has 0 heterocycles. The number of hydrogen-bond acceptors (Lipinski definition) is 2. The summed E-state index contributed by atoms with van der Waals surface area (Å²) in [5, 5.41) is 19.1. The summed E-state index contributed by atoms with van der Waals surface area (Å²) in [5.74, 6) is 0. The van der Waals surface area contributed by atoms with Crippen molar-refractivity contribution in [3.05, 3.63) is 34.9 Å². The second kappa shape index (κ2) is 4.58. The van der Waals surface area contributed by atoms with E-state index in [0.29, 0.717) is 0 Å². The Morgan fingerprint density at radius 1 is 1.07 bits per heavy atom. The lowest BCUT2D eigenvalue weighted by Crippen LogP contribution is -2.04. The first-order valence-electron chi connectivity index (χ1n) is 5.05. The fourth-order valence-corrected chi connectivity index (χ4v) is 1.81. The SMILES string of the molecule is CCc1c(C(C)O)cccc1C(C)O. The van der Waals surface area contributed by atoms with Gasteiger partial charge in [0.25, 0.3) is 0 Å². The molecular weight excluding hydrogens is 176 g/mol. The number of aliphatic hydroxyl groups is 2. The van der Waals surface area contributed by atoms with Crippen molar-refractivity contribution in [1.29, 1.82) is 0 Å². The van der Waals surface area contributed by atoms with Gasteiger partial charge in [-0.05, 0) is 37.0 Å². The summed E-state index contributed by atoms with van der Waals surface area (Å²) >= 11 is 0. The van der Waals surface area contributed by atoms with Gasteiger partial charge >= 0.3 is 0 Å². The maximum atomic E-state index is 9.56. The summed E-state index contributed by atoms with van der Waals surface area (Å²) in [6, 6.07) is 5.70. The fraction of sp³-hybridized carbons (Fsp3) is 0.500. The lowest BCUT2D eigenvalue weighted by atomic mass is 9.93. The lowest BCUT2D eigenvalue weighted by Gasteiger charge is -2.16. The Hall–Kier alpha value is -0.860. The molecule has 2 atom stereocenters. The summed E-state index contributed by atoms with van der Waals surface area (Å²) < 4.78 is 0. The average molecular weight is 194 g/mol. The Morgan fingerprint density at radius 3 is 1.79 bits per heavy atom. The summed E-state index contributed by atoms with van der Waals surface area (Å²) in [7, 11) is 0. The highest BCUT2D eigenvalue weighted by Gasteiger charge is 2.12. The van der Waals surface area contributed by atoms with Gasteiger partial charge in [0.1, 0.15) is 0 Å². The molecule has 0 aromatic heterocycles. The van der Waals surface area contributed by atoms with Crippen LogP contribution in [0.15, 0.2) is 18.2 Å². The van der Waals surface area contributed by atoms with Gasteiger partial charge in [0.05, 0.1) is 12.2 Å². The monoisotopic (exact) mass is 194 g/mol. The van der Waals surface area contributed by atoms with Gasteiger partial charge in [0, 0.05) is 0 Å². The van der Waals surface area contributed by atoms with Crippen LogP contribution in [-0.2, 0) is 6.42 Å². The molecule has 0 saturated heterocycles. The molecular formula is C12H18O2. The van der Waals surface area contributed by atoms with Crippen LogP contribution in [0.25, 0.3) is 0 Å². The fourth-order valence-electron chi connectivity index (χ4n) is 1.81. The minimum absolute atomic E-state index is 0.469. The van der Waals surface area contributed by atoms with Gasteiger partial charge in [-0.15, -0.1) is 0 Å². The van der Waals surface area contributed by atoms with Gasteiger partial charge in [0.15, 0.2) is 0 Å². The molecule has 2 N–H and O–H groups in total. The quantitative estimate of drug-likeness (QED) is 0.775. The zero-order valence-electron chi connectivity index (χ0n) is 8.99. The number of hydrogen-bond donors (Lipinski definition) is 2. The third kappa shape index (κ3) is 2.14. The first-order valence-corrected chi connectivity index (χ1v) is 5.05. The number of rotatable bonds is 3. The standard InChI is InChI=1S/C12H18O2/c1-4-10-11(8(2)13)6-5-7-12(10)9(3)14/h5-9,13-14H,4H2,1-3H3. The van der Waals surface area contributed by atoms with Crippen molar-refractivity contribution in [2.24, 2.45) is 0 Å². The van der Waals surface area contributed by atoms with E-state index in [1.165, 1.54) is 0 Å². The maximum absolute atomic E-state index is 9.56. The smallest absolute Gasteiger partial charge is 0.0764 e. The molecule has 1 rings (SSSR count). The summed E-state index contributed by atoms with van der Waals surface area (Å²) in [6.45, 7) is 5.54. The van der Waals surface area contributed by atoms with Crippen molar-refractivity contribution in [3.63, 3.8) is 0 Å². The Labute approximate surface area is 85.2 Å². The van der Waals surface area contributed by atoms with E-state index in [-0.39, 0.29) is 0 Å². The Morgan fingerprint density at radius 2 is 1.50 bits per heavy atom. The maximum Gasteiger partial charge on any atom is 0.0764 e. The van der Waals surface area contributed by atoms with Crippen LogP contribution in [0.2, 0.25) is 0 Å². The predicted molar refractivity (Wildman–Crippen MR) is 57.1 cm³/mol. The minimum atomic E-state index is -0.469. The zero-order valence-corrected chi connectivity index (χ0v) is 8.99. The van der Waals surface area contributed by atoms with E-state index < -0.39 is 12.2 Å². The van der Waals surface area contributed by atoms with Gasteiger partial charge in [-0.1, -0.05) is 25.1 Å². The topological polar surface area (TPSA) is 40.5 Å². The molecule has 0 amide bonds. The highest BCUT2D eigenvalue weighted by Crippen LogP contribution is 2.25. The van der Waals surface area contributed by atoms with Crippen LogP contribution >= 0.6 is 0 Å². The average Bonchev–Trinajstić information content (AvgIpc) is 2.16. The predicted octanol–water partition coefficient (Wildman–Crippen LogP) is 2.36. The summed E-state index contributed by atoms with van der Waals surface area (Å²) in [6.07, 6.45) is -0.103. The highest BCUT2D eigenvalue weighted by molar-refractivity contribution is 5.37. The lowest BCUT2D eigenvalue weighted by molar-refractivity contribution is 0.190. The Bertz CT molecular complexity index is 277. The summed E-state index contributed by atoms with van der Waals surface area (Å²) in [4.78, 5) is 0. The van der Waals surface area contributed by atoms with Gasteiger partial charge in [-0.3, -0.25) is 0 Å². The van der Waals surface area contributed by atoms with Crippen molar-refractivity contribution in [2.75, 3.05) is 0 Å². The Balaban J connectivity index is 3.25. The molecule has 0 fully saturated rings. The number of benzene rings is 1. The van der Waals surface area contributed by atoms with Crippen molar-refractivity contribution < 1.29 is 10.2 Å². The van der Waals surface area contributed by atoms with Crippen molar-refractivity contribution in [1.82, 2.24) is 0 Å². The van der Waals surface area contributed by atoms with Crippen LogP contribution in [0, 0.1) is 0 Å². The largest absolute Gasteiger partial charge is 0.389 e. The van der Waals surface area contributed by atoms with Crippen LogP contribution in [-0.4, -0.2) is 10.2 Å². The van der Waals surface area contributed by atoms with Gasteiger partial charge in [-0.2, -0.15) is 0 Å². The van der Waals surface area contributed by atoms with E-state index in [2.05, 4.69) is 0 Å². The van der Waals surface area contributed by atoms with E-state index in [1.807, 2.05) is 25.1 Å². The zero-order chi connectivity index (χ0) is 10.7. The molecule has 14 heavy (non-hydrogen) atoms. The van der Waals surface area contributed by atoms with Crippen molar-refractivity contribution >= 4 is 0 Å². The first-order chi connectivity index (χ1) is 6.57. The third-order valence-corrected chi connectivity index (χ3v) is 2.50. The molecule has 0 radical (unpaired) electrons. The van der Waals surface area contributed by atoms with Crippen LogP contribution < -0.4 is 0 Å². The molecule has 0 saturated carbocycles. The molecule has 0 spiro atoms. The molecule has 0 aliphatic heterocycles. The van der Waals surface area contributed by atoms with E-state index in [1.54, 1.807) is 13.8 Å². The molecule has 2 heteroatoms. The van der Waals surface area contributed by atoms with Crippen molar-refractivity contribution in [3.8, 4) is 0 Å². The second-order valence-electron chi connectivity index (χ2n) is 3.62. The highest BCUT2D eigenvalue weighted by atomic mass is 16.3. The van der Waals surface area contributed by atoms with E-state index in [4.69, 9.17) is 0 Å². The van der Waals surface area contributed by atoms with Gasteiger partial charge in [0.2, 0.25) is 0 Å². The third-order valence-electron chi connectivity index (χ3n) is 2.50. The first kappa shape index (κ1) is 11.2. The summed E-state index contributed by atoms with van der Waals surface area (Å²) in [5.41, 5.74) is 2.91. The van der Waals surface area contributed by atoms with Crippen LogP contribution in [0.5, 0.6) is 0 Å². The molecule has 0 aliphatic carbocycles. The minimum Gasteiger partial charge on any atom is -0.389 e. The second-order valence-corrected chi connectivity index (χ2v) is 3.62. The Kier molecular flexibility index (Phi) is 3.67. The molecule has 78 valence electrons. The molecule has 0 aliphatic rings. The molecule has 1 aromatic rings. The van der Waals surface area contributed by atoms with E-state index in [9.17, 15) is 10.2 Å². The van der Waals surface area contributed by atoms with Crippen LogP contribution in [0.3, 0.4) is 0 Å². The van der Waals surface area contributed by atoms with Crippen LogP contribution in [0.1, 0.15) is 49.7 Å². The van der Waals surface area contributed by atoms with Crippen LogP contribution in [0.4, 0.5) is 0 Å². The molecule has 2 unspecified atom stereocenters. The van der Waals surface area contributed by atoms with Gasteiger partial charge in [-0.25, -0.2) is 0 Å². The van der Waals surface area contributed by atoms with Gasteiger partial charge < -0.3 is 10.2 Å². The van der Waals surface area contributed by atoms with E-state index >= 15 is 0 Å². The molecule has 0 bridgehead atoms. The molecule has 1 aromatic carbocycles. The van der Waals surface area contributed by atoms with E-state index in [0.717, 1.165) is 23.1 Å². The number of aliphatic hydroxyl groups excluding tert-OH is 2. The molecule has 2 nitrogen and oxygen atoms in total. The normalized spacial score (nSPS) is 15.2.